The van der Waals surface area contributed by atoms with Gasteiger partial charge in [0.25, 0.3) is 0 Å². The molecule has 2 rings (SSSR count). The summed E-state index contributed by atoms with van der Waals surface area (Å²) in [4.78, 5) is 13.6. The zero-order chi connectivity index (χ0) is 13.6. The van der Waals surface area contributed by atoms with Crippen LogP contribution >= 0.6 is 0 Å². The van der Waals surface area contributed by atoms with Crippen LogP contribution in [0.15, 0.2) is 0 Å². The first-order chi connectivity index (χ1) is 8.18. The molecule has 1 N–H and O–H groups in total. The lowest BCUT2D eigenvalue weighted by Gasteiger charge is -2.38. The monoisotopic (exact) mass is 276 g/mol. The molecule has 2 aliphatic heterocycles. The molecule has 2 heterocycles. The largest absolute Gasteiger partial charge is 0.444 e. The number of amides is 1. The van der Waals surface area contributed by atoms with Crippen LogP contribution in [-0.4, -0.2) is 61.7 Å². The van der Waals surface area contributed by atoms with E-state index in [9.17, 15) is 13.2 Å². The summed E-state index contributed by atoms with van der Waals surface area (Å²) in [5, 5.41) is 3.16. The number of carbonyl (C=O) groups excluding carboxylic acids is 1. The van der Waals surface area contributed by atoms with Crippen LogP contribution in [0.2, 0.25) is 0 Å². The van der Waals surface area contributed by atoms with Gasteiger partial charge in [0.05, 0.1) is 17.5 Å². The van der Waals surface area contributed by atoms with Gasteiger partial charge in [-0.3, -0.25) is 0 Å². The second kappa shape index (κ2) is 4.38. The molecule has 0 radical (unpaired) electrons. The van der Waals surface area contributed by atoms with E-state index < -0.39 is 21.5 Å². The Morgan fingerprint density at radius 1 is 1.33 bits per heavy atom. The maximum Gasteiger partial charge on any atom is 0.410 e. The van der Waals surface area contributed by atoms with E-state index in [0.717, 1.165) is 0 Å². The van der Waals surface area contributed by atoms with Crippen molar-refractivity contribution in [3.63, 3.8) is 0 Å². The Bertz CT molecular complexity index is 440. The average molecular weight is 276 g/mol. The molecule has 7 heteroatoms. The van der Waals surface area contributed by atoms with Gasteiger partial charge in [-0.15, -0.1) is 0 Å². The molecule has 0 saturated carbocycles. The third-order valence-electron chi connectivity index (χ3n) is 3.11. The smallest absolute Gasteiger partial charge is 0.410 e. The molecule has 2 saturated heterocycles. The van der Waals surface area contributed by atoms with Crippen molar-refractivity contribution < 1.29 is 17.9 Å². The van der Waals surface area contributed by atoms with Gasteiger partial charge < -0.3 is 15.0 Å². The summed E-state index contributed by atoms with van der Waals surface area (Å²) in [5.41, 5.74) is -0.561. The van der Waals surface area contributed by atoms with E-state index in [4.69, 9.17) is 4.74 Å². The highest BCUT2D eigenvalue weighted by molar-refractivity contribution is 7.91. The first-order valence-electron chi connectivity index (χ1n) is 6.11. The molecule has 2 fully saturated rings. The van der Waals surface area contributed by atoms with Gasteiger partial charge in [-0.2, -0.15) is 0 Å². The zero-order valence-corrected chi connectivity index (χ0v) is 11.8. The molecule has 0 aromatic carbocycles. The second-order valence-electron chi connectivity index (χ2n) is 5.88. The summed E-state index contributed by atoms with van der Waals surface area (Å²) in [6, 6.07) is -0.449. The number of piperazine rings is 1. The first kappa shape index (κ1) is 13.6. The average Bonchev–Trinajstić information content (AvgIpc) is 2.47. The molecule has 2 aliphatic rings. The summed E-state index contributed by atoms with van der Waals surface area (Å²) >= 11 is 0. The molecule has 0 aliphatic carbocycles. The fraction of sp³-hybridized carbons (Fsp3) is 0.909. The number of rotatable bonds is 0. The Morgan fingerprint density at radius 2 is 2.00 bits per heavy atom. The minimum atomic E-state index is -3.05. The maximum absolute atomic E-state index is 12.0. The van der Waals surface area contributed by atoms with Crippen molar-refractivity contribution in [2.75, 3.05) is 24.6 Å². The third-order valence-corrected chi connectivity index (χ3v) is 4.83. The quantitative estimate of drug-likeness (QED) is 0.673. The van der Waals surface area contributed by atoms with Gasteiger partial charge >= 0.3 is 6.09 Å². The van der Waals surface area contributed by atoms with Gasteiger partial charge in [0.2, 0.25) is 0 Å². The van der Waals surface area contributed by atoms with E-state index in [1.54, 1.807) is 25.7 Å². The van der Waals surface area contributed by atoms with E-state index in [1.165, 1.54) is 0 Å². The summed E-state index contributed by atoms with van der Waals surface area (Å²) in [6.45, 7) is 6.50. The number of sulfone groups is 1. The van der Waals surface area contributed by atoms with Crippen LogP contribution in [0.25, 0.3) is 0 Å². The van der Waals surface area contributed by atoms with Gasteiger partial charge in [0.1, 0.15) is 5.60 Å². The fourth-order valence-corrected chi connectivity index (χ4v) is 4.37. The minimum absolute atomic E-state index is 0.0317. The lowest BCUT2D eigenvalue weighted by molar-refractivity contribution is 0.0110. The minimum Gasteiger partial charge on any atom is -0.444 e. The first-order valence-corrected chi connectivity index (χ1v) is 7.93. The number of nitrogens with zero attached hydrogens (tertiary/aromatic N) is 1. The predicted molar refractivity (Wildman–Crippen MR) is 67.2 cm³/mol. The van der Waals surface area contributed by atoms with Gasteiger partial charge in [0.15, 0.2) is 9.84 Å². The molecule has 1 amide bonds. The van der Waals surface area contributed by atoms with Crippen molar-refractivity contribution in [1.82, 2.24) is 10.2 Å². The molecule has 104 valence electrons. The fourth-order valence-electron chi connectivity index (χ4n) is 2.41. The van der Waals surface area contributed by atoms with E-state index in [1.807, 2.05) is 0 Å². The van der Waals surface area contributed by atoms with Crippen LogP contribution in [0.4, 0.5) is 4.79 Å². The Hall–Kier alpha value is -0.820. The molecule has 0 aromatic rings. The molecule has 2 atom stereocenters. The zero-order valence-electron chi connectivity index (χ0n) is 11.0. The Labute approximate surface area is 108 Å². The molecule has 0 aromatic heterocycles. The predicted octanol–water partition coefficient (Wildman–Crippen LogP) is -0.00770. The number of fused-ring (bicyclic) bond motifs is 1. The van der Waals surface area contributed by atoms with Crippen molar-refractivity contribution in [2.45, 2.75) is 38.5 Å². The van der Waals surface area contributed by atoms with Crippen molar-refractivity contribution in [3.05, 3.63) is 0 Å². The van der Waals surface area contributed by atoms with E-state index in [-0.39, 0.29) is 23.6 Å². The molecular weight excluding hydrogens is 256 g/mol. The van der Waals surface area contributed by atoms with Crippen LogP contribution in [0, 0.1) is 0 Å². The maximum atomic E-state index is 12.0. The molecule has 0 spiro atoms. The summed E-state index contributed by atoms with van der Waals surface area (Å²) in [7, 11) is -3.05. The lowest BCUT2D eigenvalue weighted by atomic mass is 10.1. The molecular formula is C11H20N2O4S. The van der Waals surface area contributed by atoms with E-state index in [0.29, 0.717) is 13.1 Å². The Kier molecular flexibility index (Phi) is 3.31. The number of hydrogen-bond acceptors (Lipinski definition) is 5. The number of carbonyl (C=O) groups is 1. The van der Waals surface area contributed by atoms with Crippen molar-refractivity contribution in [1.29, 1.82) is 0 Å². The third kappa shape index (κ3) is 2.95. The highest BCUT2D eigenvalue weighted by Gasteiger charge is 2.45. The van der Waals surface area contributed by atoms with Crippen molar-refractivity contribution >= 4 is 15.9 Å². The Morgan fingerprint density at radius 3 is 2.61 bits per heavy atom. The second-order valence-corrected chi connectivity index (χ2v) is 8.03. The van der Waals surface area contributed by atoms with E-state index in [2.05, 4.69) is 5.32 Å². The Balaban J connectivity index is 2.11. The lowest BCUT2D eigenvalue weighted by Crippen LogP contribution is -2.59. The molecule has 18 heavy (non-hydrogen) atoms. The van der Waals surface area contributed by atoms with Crippen LogP contribution in [0.5, 0.6) is 0 Å². The number of hydrogen-bond donors (Lipinski definition) is 1. The normalized spacial score (nSPS) is 30.9. The SMILES string of the molecule is CC(C)(C)OC(=O)N1CCNC2CS(=O)(=O)CC21. The standard InChI is InChI=1S/C11H20N2O4S/c1-11(2,3)17-10(14)13-5-4-12-8-6-18(15,16)7-9(8)13/h8-9,12H,4-7H2,1-3H3. The molecule has 0 bridgehead atoms. The van der Waals surface area contributed by atoms with Gasteiger partial charge in [-0.05, 0) is 20.8 Å². The van der Waals surface area contributed by atoms with Crippen LogP contribution in [-0.2, 0) is 14.6 Å². The topological polar surface area (TPSA) is 75.7 Å². The van der Waals surface area contributed by atoms with Crippen molar-refractivity contribution in [3.8, 4) is 0 Å². The summed E-state index contributed by atoms with van der Waals surface area (Å²) < 4.78 is 28.6. The van der Waals surface area contributed by atoms with Crippen LogP contribution in [0.3, 0.4) is 0 Å². The summed E-state index contributed by atoms with van der Waals surface area (Å²) in [5.74, 6) is 0.140. The van der Waals surface area contributed by atoms with Gasteiger partial charge in [-0.1, -0.05) is 0 Å². The van der Waals surface area contributed by atoms with Gasteiger partial charge in [-0.25, -0.2) is 13.2 Å². The van der Waals surface area contributed by atoms with Crippen LogP contribution < -0.4 is 5.32 Å². The molecule has 2 unspecified atom stereocenters. The number of ether oxygens (including phenoxy) is 1. The molecule has 6 nitrogen and oxygen atoms in total. The van der Waals surface area contributed by atoms with Crippen molar-refractivity contribution in [2.24, 2.45) is 0 Å². The van der Waals surface area contributed by atoms with Gasteiger partial charge in [0, 0.05) is 19.1 Å². The van der Waals surface area contributed by atoms with E-state index >= 15 is 0 Å². The highest BCUT2D eigenvalue weighted by Crippen LogP contribution is 2.23. The van der Waals surface area contributed by atoms with Crippen LogP contribution in [0.1, 0.15) is 20.8 Å². The highest BCUT2D eigenvalue weighted by atomic mass is 32.2. The summed E-state index contributed by atoms with van der Waals surface area (Å²) in [6.07, 6.45) is -0.420. The number of nitrogens with one attached hydrogen (secondary N) is 1.